The summed E-state index contributed by atoms with van der Waals surface area (Å²) in [7, 11) is 0. The zero-order valence-corrected chi connectivity index (χ0v) is 25.6. The molecule has 10 rings (SSSR count). The number of hydrogen-bond acceptors (Lipinski definition) is 2. The van der Waals surface area contributed by atoms with Crippen molar-refractivity contribution in [3.05, 3.63) is 158 Å². The van der Waals surface area contributed by atoms with Gasteiger partial charge in [0.15, 0.2) is 0 Å². The van der Waals surface area contributed by atoms with Gasteiger partial charge in [-0.15, -0.1) is 11.3 Å². The van der Waals surface area contributed by atoms with E-state index in [0.717, 1.165) is 28.0 Å². The second-order valence-electron chi connectivity index (χ2n) is 12.0. The summed E-state index contributed by atoms with van der Waals surface area (Å²) in [6.07, 6.45) is 0. The molecule has 0 aliphatic heterocycles. The van der Waals surface area contributed by atoms with E-state index >= 15 is 0 Å². The third kappa shape index (κ3) is 3.68. The predicted octanol–water partition coefficient (Wildman–Crippen LogP) is 13.3. The van der Waals surface area contributed by atoms with Gasteiger partial charge in [-0.25, -0.2) is 0 Å². The van der Waals surface area contributed by atoms with E-state index in [2.05, 4.69) is 158 Å². The Labute approximate surface area is 269 Å². The lowest BCUT2D eigenvalue weighted by Crippen LogP contribution is -1.91. The summed E-state index contributed by atoms with van der Waals surface area (Å²) in [6, 6.07) is 57.0. The Morgan fingerprint density at radius 2 is 0.978 bits per heavy atom. The average Bonchev–Trinajstić information content (AvgIpc) is 3.69. The van der Waals surface area contributed by atoms with Crippen LogP contribution in [-0.2, 0) is 0 Å². The van der Waals surface area contributed by atoms with Gasteiger partial charge >= 0.3 is 0 Å². The van der Waals surface area contributed by atoms with E-state index in [1.165, 1.54) is 69.0 Å². The minimum atomic E-state index is 0.914. The molecule has 0 saturated carbocycles. The van der Waals surface area contributed by atoms with Crippen LogP contribution in [0.5, 0.6) is 0 Å². The summed E-state index contributed by atoms with van der Waals surface area (Å²) in [5, 5.41) is 11.0. The molecule has 0 radical (unpaired) electrons. The number of benzene rings is 8. The van der Waals surface area contributed by atoms with Crippen LogP contribution in [-0.4, -0.2) is 0 Å². The molecule has 2 heteroatoms. The van der Waals surface area contributed by atoms with Crippen molar-refractivity contribution in [3.63, 3.8) is 0 Å². The number of thiophene rings is 1. The maximum Gasteiger partial charge on any atom is 0.144 e. The van der Waals surface area contributed by atoms with Crippen molar-refractivity contribution in [1.29, 1.82) is 0 Å². The van der Waals surface area contributed by atoms with Gasteiger partial charge in [-0.2, -0.15) is 0 Å². The van der Waals surface area contributed by atoms with E-state index in [-0.39, 0.29) is 0 Å². The van der Waals surface area contributed by atoms with Crippen molar-refractivity contribution in [3.8, 4) is 33.6 Å². The van der Waals surface area contributed by atoms with Crippen LogP contribution >= 0.6 is 11.3 Å². The fraction of sp³-hybridized carbons (Fsp3) is 0. The van der Waals surface area contributed by atoms with Gasteiger partial charge in [0.05, 0.1) is 0 Å². The molecular formula is C44H26OS. The highest BCUT2D eigenvalue weighted by Crippen LogP contribution is 2.51. The Morgan fingerprint density at radius 1 is 0.370 bits per heavy atom. The van der Waals surface area contributed by atoms with Gasteiger partial charge in [-0.1, -0.05) is 133 Å². The summed E-state index contributed by atoms with van der Waals surface area (Å²) in [4.78, 5) is 0. The van der Waals surface area contributed by atoms with Crippen LogP contribution in [0.15, 0.2) is 162 Å². The zero-order valence-electron chi connectivity index (χ0n) is 24.8. The monoisotopic (exact) mass is 602 g/mol. The molecule has 0 amide bonds. The zero-order chi connectivity index (χ0) is 30.2. The predicted molar refractivity (Wildman–Crippen MR) is 198 cm³/mol. The first-order chi connectivity index (χ1) is 22.8. The molecule has 0 saturated heterocycles. The molecule has 8 aromatic carbocycles. The van der Waals surface area contributed by atoms with Gasteiger partial charge in [-0.05, 0) is 73.3 Å². The van der Waals surface area contributed by atoms with Crippen molar-refractivity contribution in [2.45, 2.75) is 0 Å². The van der Waals surface area contributed by atoms with Crippen LogP contribution in [0.3, 0.4) is 0 Å². The molecule has 10 aromatic rings. The first kappa shape index (κ1) is 25.6. The van der Waals surface area contributed by atoms with Crippen LogP contribution < -0.4 is 0 Å². The van der Waals surface area contributed by atoms with Gasteiger partial charge in [-0.3, -0.25) is 0 Å². The fourth-order valence-corrected chi connectivity index (χ4v) is 8.60. The van der Waals surface area contributed by atoms with Gasteiger partial charge in [0.2, 0.25) is 0 Å². The van der Waals surface area contributed by atoms with Crippen molar-refractivity contribution in [1.82, 2.24) is 0 Å². The molecule has 2 heterocycles. The third-order valence-electron chi connectivity index (χ3n) is 9.45. The van der Waals surface area contributed by atoms with Crippen LogP contribution in [0, 0.1) is 0 Å². The molecule has 0 fully saturated rings. The Hall–Kier alpha value is -5.70. The molecule has 0 bridgehead atoms. The van der Waals surface area contributed by atoms with E-state index in [1.807, 2.05) is 11.3 Å². The first-order valence-electron chi connectivity index (χ1n) is 15.7. The van der Waals surface area contributed by atoms with Crippen LogP contribution in [0.25, 0.3) is 97.0 Å². The van der Waals surface area contributed by atoms with Gasteiger partial charge in [0.1, 0.15) is 11.3 Å². The van der Waals surface area contributed by atoms with E-state index in [9.17, 15) is 0 Å². The van der Waals surface area contributed by atoms with E-state index in [1.54, 1.807) is 0 Å². The minimum Gasteiger partial charge on any atom is -0.455 e. The molecule has 46 heavy (non-hydrogen) atoms. The Morgan fingerprint density at radius 3 is 1.72 bits per heavy atom. The summed E-state index contributed by atoms with van der Waals surface area (Å²) in [6.45, 7) is 0. The highest BCUT2D eigenvalue weighted by atomic mass is 32.1. The molecule has 0 unspecified atom stereocenters. The lowest BCUT2D eigenvalue weighted by Gasteiger charge is -2.17. The topological polar surface area (TPSA) is 13.1 Å². The molecule has 214 valence electrons. The average molecular weight is 603 g/mol. The molecule has 0 atom stereocenters. The Balaban J connectivity index is 1.38. The van der Waals surface area contributed by atoms with E-state index < -0.39 is 0 Å². The largest absolute Gasteiger partial charge is 0.455 e. The first-order valence-corrected chi connectivity index (χ1v) is 16.5. The Bertz CT molecular complexity index is 2740. The Kier molecular flexibility index (Phi) is 5.51. The van der Waals surface area contributed by atoms with Gasteiger partial charge in [0, 0.05) is 36.7 Å². The molecule has 1 nitrogen and oxygen atoms in total. The minimum absolute atomic E-state index is 0.914. The molecule has 0 spiro atoms. The maximum absolute atomic E-state index is 7.09. The normalized spacial score (nSPS) is 11.9. The van der Waals surface area contributed by atoms with Crippen molar-refractivity contribution < 1.29 is 4.42 Å². The van der Waals surface area contributed by atoms with Crippen molar-refractivity contribution >= 4 is 74.8 Å². The third-order valence-corrected chi connectivity index (χ3v) is 10.6. The van der Waals surface area contributed by atoms with Gasteiger partial charge < -0.3 is 4.42 Å². The molecule has 0 aliphatic rings. The highest BCUT2D eigenvalue weighted by molar-refractivity contribution is 7.26. The molecule has 2 aromatic heterocycles. The maximum atomic E-state index is 7.09. The lowest BCUT2D eigenvalue weighted by atomic mass is 9.85. The number of fused-ring (bicyclic) bond motifs is 8. The lowest BCUT2D eigenvalue weighted by molar-refractivity contribution is 0.634. The molecule has 0 aliphatic carbocycles. The van der Waals surface area contributed by atoms with E-state index in [4.69, 9.17) is 4.42 Å². The second-order valence-corrected chi connectivity index (χ2v) is 13.1. The number of furan rings is 1. The highest BCUT2D eigenvalue weighted by Gasteiger charge is 2.26. The molecule has 0 N–H and O–H groups in total. The van der Waals surface area contributed by atoms with Gasteiger partial charge in [0.25, 0.3) is 0 Å². The molecular weight excluding hydrogens is 577 g/mol. The van der Waals surface area contributed by atoms with Crippen LogP contribution in [0.1, 0.15) is 0 Å². The van der Waals surface area contributed by atoms with Crippen LogP contribution in [0.2, 0.25) is 0 Å². The smallest absolute Gasteiger partial charge is 0.144 e. The summed E-state index contributed by atoms with van der Waals surface area (Å²) >= 11 is 1.85. The summed E-state index contributed by atoms with van der Waals surface area (Å²) < 4.78 is 9.66. The SMILES string of the molecule is c1ccc(-c2c(-c3c4ccccc4c(-c4ccc5ccccc5c4)c4ccccc34)oc3ccc4sc5ccccc5c4c23)cc1. The fourth-order valence-electron chi connectivity index (χ4n) is 7.49. The number of rotatable bonds is 3. The van der Waals surface area contributed by atoms with Crippen molar-refractivity contribution in [2.24, 2.45) is 0 Å². The standard InChI is InChI=1S/C44H26OS/c1-2-13-28(14-3-1)40-43-36(24-25-38-42(43)35-20-10-11-21-37(35)46-38)45-44(40)41-33-18-8-6-16-31(33)39(32-17-7-9-19-34(32)41)30-23-22-27-12-4-5-15-29(27)26-30/h1-26H. The second kappa shape index (κ2) is 9.90. The van der Waals surface area contributed by atoms with Crippen molar-refractivity contribution in [2.75, 3.05) is 0 Å². The van der Waals surface area contributed by atoms with E-state index in [0.29, 0.717) is 0 Å². The summed E-state index contributed by atoms with van der Waals surface area (Å²) in [5.74, 6) is 0.918. The quantitative estimate of drug-likeness (QED) is 0.183. The summed E-state index contributed by atoms with van der Waals surface area (Å²) in [5.41, 5.74) is 6.83. The number of hydrogen-bond donors (Lipinski definition) is 0. The van der Waals surface area contributed by atoms with Crippen LogP contribution in [0.4, 0.5) is 0 Å².